The summed E-state index contributed by atoms with van der Waals surface area (Å²) in [6.45, 7) is 1.71. The third kappa shape index (κ3) is 3.21. The molecule has 0 radical (unpaired) electrons. The molecule has 0 bridgehead atoms. The van der Waals surface area contributed by atoms with Crippen molar-refractivity contribution in [2.45, 2.75) is 19.3 Å². The molecule has 2 aromatic rings. The minimum Gasteiger partial charge on any atom is -0.366 e. The second kappa shape index (κ2) is 6.35. The van der Waals surface area contributed by atoms with Gasteiger partial charge in [-0.1, -0.05) is 18.2 Å². The van der Waals surface area contributed by atoms with Crippen LogP contribution in [0.3, 0.4) is 0 Å². The molecule has 1 aliphatic heterocycles. The van der Waals surface area contributed by atoms with Crippen LogP contribution in [0.5, 0.6) is 0 Å². The van der Waals surface area contributed by atoms with Crippen LogP contribution in [-0.4, -0.2) is 17.7 Å². The minimum atomic E-state index is -0.786. The van der Waals surface area contributed by atoms with Crippen LogP contribution in [0.15, 0.2) is 36.4 Å². The van der Waals surface area contributed by atoms with Gasteiger partial charge in [0, 0.05) is 12.1 Å². The van der Waals surface area contributed by atoms with Gasteiger partial charge in [0.1, 0.15) is 5.82 Å². The van der Waals surface area contributed by atoms with Crippen molar-refractivity contribution >= 4 is 29.1 Å². The molecule has 1 unspecified atom stereocenters. The Morgan fingerprint density at radius 2 is 2.04 bits per heavy atom. The Bertz CT molecular complexity index is 895. The van der Waals surface area contributed by atoms with Gasteiger partial charge in [-0.15, -0.1) is 0 Å². The van der Waals surface area contributed by atoms with Crippen molar-refractivity contribution in [2.24, 2.45) is 5.73 Å². The standard InChI is InChI=1S/C18H16FN3O3/c1-9-3-2-4-13(16(9)17(20)24)22-18(25)12-8-15(23)21-14-7-10(19)5-6-11(12)14/h2-7,12H,8H2,1H3,(H2,20,24)(H,21,23)(H,22,25). The second-order valence-corrected chi connectivity index (χ2v) is 5.89. The molecule has 0 saturated heterocycles. The van der Waals surface area contributed by atoms with Crippen molar-refractivity contribution in [1.82, 2.24) is 0 Å². The van der Waals surface area contributed by atoms with Crippen molar-refractivity contribution < 1.29 is 18.8 Å². The van der Waals surface area contributed by atoms with Crippen LogP contribution in [0.2, 0.25) is 0 Å². The summed E-state index contributed by atoms with van der Waals surface area (Å²) in [5, 5.41) is 5.22. The molecule has 25 heavy (non-hydrogen) atoms. The van der Waals surface area contributed by atoms with Gasteiger partial charge in [0.05, 0.1) is 17.2 Å². The molecule has 0 saturated carbocycles. The Balaban J connectivity index is 1.94. The lowest BCUT2D eigenvalue weighted by atomic mass is 9.89. The van der Waals surface area contributed by atoms with Gasteiger partial charge in [0.2, 0.25) is 11.8 Å². The zero-order valence-corrected chi connectivity index (χ0v) is 13.4. The van der Waals surface area contributed by atoms with Crippen LogP contribution in [0.1, 0.15) is 33.8 Å². The maximum absolute atomic E-state index is 13.4. The zero-order chi connectivity index (χ0) is 18.1. The first-order valence-electron chi connectivity index (χ1n) is 7.66. The van der Waals surface area contributed by atoms with Crippen LogP contribution in [0, 0.1) is 12.7 Å². The van der Waals surface area contributed by atoms with E-state index < -0.39 is 23.5 Å². The lowest BCUT2D eigenvalue weighted by Crippen LogP contribution is -2.31. The van der Waals surface area contributed by atoms with E-state index in [1.807, 2.05) is 0 Å². The molecule has 0 fully saturated rings. The number of hydrogen-bond acceptors (Lipinski definition) is 3. The van der Waals surface area contributed by atoms with Gasteiger partial charge in [-0.25, -0.2) is 4.39 Å². The number of halogens is 1. The fraction of sp³-hybridized carbons (Fsp3) is 0.167. The topological polar surface area (TPSA) is 101 Å². The summed E-state index contributed by atoms with van der Waals surface area (Å²) in [7, 11) is 0. The van der Waals surface area contributed by atoms with Crippen molar-refractivity contribution in [1.29, 1.82) is 0 Å². The van der Waals surface area contributed by atoms with E-state index in [1.54, 1.807) is 25.1 Å². The highest BCUT2D eigenvalue weighted by molar-refractivity contribution is 6.08. The molecule has 0 aliphatic carbocycles. The van der Waals surface area contributed by atoms with Crippen molar-refractivity contribution in [3.63, 3.8) is 0 Å². The van der Waals surface area contributed by atoms with Crippen LogP contribution in [-0.2, 0) is 9.59 Å². The van der Waals surface area contributed by atoms with E-state index in [0.29, 0.717) is 11.1 Å². The molecule has 1 aliphatic rings. The Labute approximate surface area is 143 Å². The quantitative estimate of drug-likeness (QED) is 0.798. The average Bonchev–Trinajstić information content (AvgIpc) is 2.53. The average molecular weight is 341 g/mol. The van der Waals surface area contributed by atoms with Crippen LogP contribution < -0.4 is 16.4 Å². The Morgan fingerprint density at radius 1 is 1.28 bits per heavy atom. The number of nitrogens with one attached hydrogen (secondary N) is 2. The molecular weight excluding hydrogens is 325 g/mol. The summed E-state index contributed by atoms with van der Waals surface area (Å²) >= 11 is 0. The molecule has 1 atom stereocenters. The number of benzene rings is 2. The van der Waals surface area contributed by atoms with Crippen molar-refractivity contribution in [3.8, 4) is 0 Å². The third-order valence-corrected chi connectivity index (χ3v) is 4.15. The first-order chi connectivity index (χ1) is 11.9. The number of nitrogens with two attached hydrogens (primary N) is 1. The number of carbonyl (C=O) groups is 3. The van der Waals surface area contributed by atoms with Gasteiger partial charge >= 0.3 is 0 Å². The highest BCUT2D eigenvalue weighted by Crippen LogP contribution is 2.34. The molecule has 0 spiro atoms. The first-order valence-corrected chi connectivity index (χ1v) is 7.66. The largest absolute Gasteiger partial charge is 0.366 e. The summed E-state index contributed by atoms with van der Waals surface area (Å²) in [5.41, 5.74) is 7.32. The van der Waals surface area contributed by atoms with Crippen LogP contribution in [0.25, 0.3) is 0 Å². The number of hydrogen-bond donors (Lipinski definition) is 3. The fourth-order valence-corrected chi connectivity index (χ4v) is 2.99. The smallest absolute Gasteiger partial charge is 0.251 e. The highest BCUT2D eigenvalue weighted by Gasteiger charge is 2.31. The summed E-state index contributed by atoms with van der Waals surface area (Å²) in [4.78, 5) is 36.2. The molecule has 128 valence electrons. The van der Waals surface area contributed by atoms with E-state index in [2.05, 4.69) is 10.6 Å². The van der Waals surface area contributed by atoms with E-state index in [-0.39, 0.29) is 29.3 Å². The monoisotopic (exact) mass is 341 g/mol. The SMILES string of the molecule is Cc1cccc(NC(=O)C2CC(=O)Nc3cc(F)ccc32)c1C(N)=O. The lowest BCUT2D eigenvalue weighted by Gasteiger charge is -2.25. The van der Waals surface area contributed by atoms with Gasteiger partial charge < -0.3 is 16.4 Å². The summed E-state index contributed by atoms with van der Waals surface area (Å²) in [6, 6.07) is 8.85. The van der Waals surface area contributed by atoms with Gasteiger partial charge in [-0.3, -0.25) is 14.4 Å². The molecule has 7 heteroatoms. The number of aryl methyl sites for hydroxylation is 1. The number of fused-ring (bicyclic) bond motifs is 1. The molecule has 3 amide bonds. The number of rotatable bonds is 3. The minimum absolute atomic E-state index is 0.0673. The van der Waals surface area contributed by atoms with Crippen LogP contribution >= 0.6 is 0 Å². The molecule has 0 aromatic heterocycles. The number of primary amides is 1. The number of amides is 3. The maximum Gasteiger partial charge on any atom is 0.251 e. The highest BCUT2D eigenvalue weighted by atomic mass is 19.1. The second-order valence-electron chi connectivity index (χ2n) is 5.89. The van der Waals surface area contributed by atoms with Crippen molar-refractivity contribution in [2.75, 3.05) is 10.6 Å². The summed E-state index contributed by atoms with van der Waals surface area (Å²) in [6.07, 6.45) is -0.0673. The Morgan fingerprint density at radius 3 is 2.76 bits per heavy atom. The first kappa shape index (κ1) is 16.6. The van der Waals surface area contributed by atoms with E-state index >= 15 is 0 Å². The summed E-state index contributed by atoms with van der Waals surface area (Å²) < 4.78 is 13.4. The number of carbonyl (C=O) groups excluding carboxylic acids is 3. The maximum atomic E-state index is 13.4. The molecule has 2 aromatic carbocycles. The van der Waals surface area contributed by atoms with E-state index in [4.69, 9.17) is 5.73 Å². The lowest BCUT2D eigenvalue weighted by molar-refractivity contribution is -0.123. The fourth-order valence-electron chi connectivity index (χ4n) is 2.99. The van der Waals surface area contributed by atoms with E-state index in [9.17, 15) is 18.8 Å². The molecule has 6 nitrogen and oxygen atoms in total. The zero-order valence-electron chi connectivity index (χ0n) is 13.4. The predicted molar refractivity (Wildman–Crippen MR) is 90.7 cm³/mol. The van der Waals surface area contributed by atoms with Gasteiger partial charge in [-0.2, -0.15) is 0 Å². The van der Waals surface area contributed by atoms with E-state index in [1.165, 1.54) is 18.2 Å². The molecular formula is C18H16FN3O3. The Kier molecular flexibility index (Phi) is 4.22. The molecule has 3 rings (SSSR count). The normalized spacial score (nSPS) is 15.9. The van der Waals surface area contributed by atoms with Gasteiger partial charge in [0.25, 0.3) is 5.91 Å². The number of anilines is 2. The van der Waals surface area contributed by atoms with Gasteiger partial charge in [0.15, 0.2) is 0 Å². The van der Waals surface area contributed by atoms with Crippen LogP contribution in [0.4, 0.5) is 15.8 Å². The van der Waals surface area contributed by atoms with Gasteiger partial charge in [-0.05, 0) is 36.2 Å². The predicted octanol–water partition coefficient (Wildman–Crippen LogP) is 2.30. The third-order valence-electron chi connectivity index (χ3n) is 4.15. The van der Waals surface area contributed by atoms with Crippen molar-refractivity contribution in [3.05, 3.63) is 58.9 Å². The molecule has 1 heterocycles. The molecule has 4 N–H and O–H groups in total. The van der Waals surface area contributed by atoms with E-state index in [0.717, 1.165) is 0 Å². The Hall–Kier alpha value is -3.22. The summed E-state index contributed by atoms with van der Waals surface area (Å²) in [5.74, 6) is -2.79.